The van der Waals surface area contributed by atoms with Crippen LogP contribution in [-0.4, -0.2) is 17.7 Å². The van der Waals surface area contributed by atoms with E-state index < -0.39 is 0 Å². The van der Waals surface area contributed by atoms with Crippen LogP contribution >= 0.6 is 12.2 Å². The first-order valence-corrected chi connectivity index (χ1v) is 7.75. The molecule has 0 unspecified atom stereocenters. The molecule has 1 atom stereocenters. The Kier molecular flexibility index (Phi) is 6.28. The summed E-state index contributed by atoms with van der Waals surface area (Å²) in [5.74, 6) is 1.02. The van der Waals surface area contributed by atoms with Crippen molar-refractivity contribution >= 4 is 17.3 Å². The van der Waals surface area contributed by atoms with Gasteiger partial charge in [0.05, 0.1) is 6.26 Å². The second kappa shape index (κ2) is 8.47. The maximum atomic E-state index is 5.33. The summed E-state index contributed by atoms with van der Waals surface area (Å²) >= 11 is 5.31. The highest BCUT2D eigenvalue weighted by atomic mass is 32.1. The van der Waals surface area contributed by atoms with Gasteiger partial charge < -0.3 is 15.1 Å². The third kappa shape index (κ3) is 6.00. The van der Waals surface area contributed by atoms with Crippen LogP contribution in [0.4, 0.5) is 0 Å². The summed E-state index contributed by atoms with van der Waals surface area (Å²) < 4.78 is 5.33. The second-order valence-corrected chi connectivity index (χ2v) is 5.56. The Morgan fingerprint density at radius 2 is 1.95 bits per heavy atom. The van der Waals surface area contributed by atoms with Gasteiger partial charge in [-0.2, -0.15) is 0 Å². The maximum absolute atomic E-state index is 5.33. The van der Waals surface area contributed by atoms with Crippen molar-refractivity contribution in [2.45, 2.75) is 32.2 Å². The molecule has 4 heteroatoms. The van der Waals surface area contributed by atoms with E-state index in [1.165, 1.54) is 5.56 Å². The standard InChI is InChI=1S/C17H22N2OS/c1-14(9-10-16-8-5-13-20-16)19-17(21)18-12-11-15-6-3-2-4-7-15/h2-8,13-14H,9-12H2,1H3,(H2,18,19,21)/t14-/m1/s1. The zero-order valence-electron chi connectivity index (χ0n) is 12.3. The van der Waals surface area contributed by atoms with Gasteiger partial charge in [0.1, 0.15) is 5.76 Å². The van der Waals surface area contributed by atoms with E-state index in [4.69, 9.17) is 16.6 Å². The lowest BCUT2D eigenvalue weighted by Crippen LogP contribution is -2.41. The molecule has 0 saturated heterocycles. The molecule has 0 saturated carbocycles. The first-order chi connectivity index (χ1) is 10.2. The molecule has 2 rings (SSSR count). The lowest BCUT2D eigenvalue weighted by atomic mass is 10.1. The topological polar surface area (TPSA) is 37.2 Å². The second-order valence-electron chi connectivity index (χ2n) is 5.15. The van der Waals surface area contributed by atoms with Gasteiger partial charge in [-0.1, -0.05) is 30.3 Å². The molecule has 0 amide bonds. The van der Waals surface area contributed by atoms with Gasteiger partial charge in [-0.25, -0.2) is 0 Å². The lowest BCUT2D eigenvalue weighted by molar-refractivity contribution is 0.482. The molecule has 0 aliphatic heterocycles. The molecule has 0 bridgehead atoms. The molecular weight excluding hydrogens is 280 g/mol. The Bertz CT molecular complexity index is 525. The lowest BCUT2D eigenvalue weighted by Gasteiger charge is -2.16. The summed E-state index contributed by atoms with van der Waals surface area (Å²) in [5.41, 5.74) is 1.32. The zero-order chi connectivity index (χ0) is 14.9. The number of hydrogen-bond acceptors (Lipinski definition) is 2. The third-order valence-corrected chi connectivity index (χ3v) is 3.59. The van der Waals surface area contributed by atoms with Crippen LogP contribution in [0.25, 0.3) is 0 Å². The fraction of sp³-hybridized carbons (Fsp3) is 0.353. The minimum absolute atomic E-state index is 0.326. The molecule has 1 aromatic heterocycles. The van der Waals surface area contributed by atoms with Crippen molar-refractivity contribution in [3.8, 4) is 0 Å². The third-order valence-electron chi connectivity index (χ3n) is 3.32. The number of rotatable bonds is 7. The normalized spacial score (nSPS) is 11.9. The quantitative estimate of drug-likeness (QED) is 0.770. The molecule has 3 nitrogen and oxygen atoms in total. The summed E-state index contributed by atoms with van der Waals surface area (Å²) in [6.45, 7) is 2.98. The van der Waals surface area contributed by atoms with Crippen molar-refractivity contribution < 1.29 is 4.42 Å². The molecule has 0 spiro atoms. The van der Waals surface area contributed by atoms with Crippen LogP contribution in [0.2, 0.25) is 0 Å². The van der Waals surface area contributed by atoms with Gasteiger partial charge in [-0.15, -0.1) is 0 Å². The van der Waals surface area contributed by atoms with Gasteiger partial charge in [0.2, 0.25) is 0 Å². The van der Waals surface area contributed by atoms with Crippen LogP contribution in [0.3, 0.4) is 0 Å². The van der Waals surface area contributed by atoms with Crippen molar-refractivity contribution in [2.24, 2.45) is 0 Å². The zero-order valence-corrected chi connectivity index (χ0v) is 13.2. The van der Waals surface area contributed by atoms with Gasteiger partial charge in [-0.3, -0.25) is 0 Å². The summed E-state index contributed by atoms with van der Waals surface area (Å²) in [6.07, 6.45) is 4.61. The number of benzene rings is 1. The Balaban J connectivity index is 1.60. The summed E-state index contributed by atoms with van der Waals surface area (Å²) in [7, 11) is 0. The van der Waals surface area contributed by atoms with Crippen molar-refractivity contribution in [3.05, 3.63) is 60.1 Å². The molecule has 1 aromatic carbocycles. The van der Waals surface area contributed by atoms with Crippen molar-refractivity contribution in [3.63, 3.8) is 0 Å². The van der Waals surface area contributed by atoms with Gasteiger partial charge in [0.15, 0.2) is 5.11 Å². The van der Waals surface area contributed by atoms with E-state index in [0.717, 1.165) is 36.7 Å². The minimum Gasteiger partial charge on any atom is -0.469 e. The monoisotopic (exact) mass is 302 g/mol. The van der Waals surface area contributed by atoms with E-state index in [-0.39, 0.29) is 0 Å². The van der Waals surface area contributed by atoms with Crippen LogP contribution in [-0.2, 0) is 12.8 Å². The van der Waals surface area contributed by atoms with Gasteiger partial charge in [0, 0.05) is 19.0 Å². The van der Waals surface area contributed by atoms with E-state index in [0.29, 0.717) is 6.04 Å². The fourth-order valence-electron chi connectivity index (χ4n) is 2.13. The van der Waals surface area contributed by atoms with E-state index >= 15 is 0 Å². The highest BCUT2D eigenvalue weighted by Crippen LogP contribution is 2.05. The number of furan rings is 1. The first-order valence-electron chi connectivity index (χ1n) is 7.34. The molecule has 1 heterocycles. The minimum atomic E-state index is 0.326. The first kappa shape index (κ1) is 15.6. The van der Waals surface area contributed by atoms with Crippen LogP contribution in [0.5, 0.6) is 0 Å². The molecule has 0 aliphatic carbocycles. The Morgan fingerprint density at radius 3 is 2.67 bits per heavy atom. The summed E-state index contributed by atoms with van der Waals surface area (Å²) in [5, 5.41) is 7.28. The van der Waals surface area contributed by atoms with E-state index in [1.54, 1.807) is 6.26 Å². The van der Waals surface area contributed by atoms with Crippen LogP contribution < -0.4 is 10.6 Å². The molecule has 2 aromatic rings. The Hall–Kier alpha value is -1.81. The van der Waals surface area contributed by atoms with Crippen LogP contribution in [0.1, 0.15) is 24.7 Å². The fourth-order valence-corrected chi connectivity index (χ4v) is 2.43. The number of thiocarbonyl (C=S) groups is 1. The van der Waals surface area contributed by atoms with Crippen molar-refractivity contribution in [1.82, 2.24) is 10.6 Å². The molecule has 0 fully saturated rings. The molecule has 21 heavy (non-hydrogen) atoms. The summed E-state index contributed by atoms with van der Waals surface area (Å²) in [6, 6.07) is 14.7. The van der Waals surface area contributed by atoms with Crippen LogP contribution in [0.15, 0.2) is 53.1 Å². The van der Waals surface area contributed by atoms with E-state index in [9.17, 15) is 0 Å². The molecule has 2 N–H and O–H groups in total. The highest BCUT2D eigenvalue weighted by molar-refractivity contribution is 7.80. The van der Waals surface area contributed by atoms with E-state index in [1.807, 2.05) is 18.2 Å². The smallest absolute Gasteiger partial charge is 0.166 e. The number of aryl methyl sites for hydroxylation is 1. The number of nitrogens with one attached hydrogen (secondary N) is 2. The SMILES string of the molecule is C[C@H](CCc1ccco1)NC(=S)NCCc1ccccc1. The average Bonchev–Trinajstić information content (AvgIpc) is 2.99. The molecule has 112 valence electrons. The van der Waals surface area contributed by atoms with Crippen molar-refractivity contribution in [1.29, 1.82) is 0 Å². The molecule has 0 radical (unpaired) electrons. The van der Waals surface area contributed by atoms with Crippen LogP contribution in [0, 0.1) is 0 Å². The van der Waals surface area contributed by atoms with E-state index in [2.05, 4.69) is 41.8 Å². The number of hydrogen-bond donors (Lipinski definition) is 2. The van der Waals surface area contributed by atoms with Gasteiger partial charge in [-0.05, 0) is 49.7 Å². The van der Waals surface area contributed by atoms with Gasteiger partial charge >= 0.3 is 0 Å². The predicted octanol–water partition coefficient (Wildman–Crippen LogP) is 3.31. The van der Waals surface area contributed by atoms with Gasteiger partial charge in [0.25, 0.3) is 0 Å². The molecular formula is C17H22N2OS. The largest absolute Gasteiger partial charge is 0.469 e. The average molecular weight is 302 g/mol. The predicted molar refractivity (Wildman–Crippen MR) is 90.4 cm³/mol. The summed E-state index contributed by atoms with van der Waals surface area (Å²) in [4.78, 5) is 0. The molecule has 0 aliphatic rings. The maximum Gasteiger partial charge on any atom is 0.166 e. The Morgan fingerprint density at radius 1 is 1.14 bits per heavy atom. The highest BCUT2D eigenvalue weighted by Gasteiger charge is 2.05. The van der Waals surface area contributed by atoms with Crippen molar-refractivity contribution in [2.75, 3.05) is 6.54 Å². The Labute approximate surface area is 131 Å².